The highest BCUT2D eigenvalue weighted by atomic mass is 16.2. The van der Waals surface area contributed by atoms with E-state index < -0.39 is 0 Å². The van der Waals surface area contributed by atoms with Crippen molar-refractivity contribution in [3.63, 3.8) is 0 Å². The van der Waals surface area contributed by atoms with Gasteiger partial charge in [0, 0.05) is 44.2 Å². The second-order valence-corrected chi connectivity index (χ2v) is 7.64. The lowest BCUT2D eigenvalue weighted by molar-refractivity contribution is -0.122. The molecule has 0 saturated carbocycles. The highest BCUT2D eigenvalue weighted by molar-refractivity contribution is 5.98. The maximum Gasteiger partial charge on any atom is 0.255 e. The van der Waals surface area contributed by atoms with Crippen LogP contribution in [-0.4, -0.2) is 75.6 Å². The molecule has 0 spiro atoms. The Hall–Kier alpha value is -2.48. The van der Waals surface area contributed by atoms with Crippen molar-refractivity contribution >= 4 is 22.8 Å². The average Bonchev–Trinajstić information content (AvgIpc) is 3.08. The molecular weight excluding hydrogens is 356 g/mol. The SMILES string of the molecule is CCCNC(=O)CN1CCN(C(=O)c2cc3cnn(C(C)C)c3nc2C)CC1. The van der Waals surface area contributed by atoms with Crippen molar-refractivity contribution in [3.8, 4) is 0 Å². The van der Waals surface area contributed by atoms with Gasteiger partial charge < -0.3 is 10.2 Å². The van der Waals surface area contributed by atoms with Crippen molar-refractivity contribution in [2.75, 3.05) is 39.3 Å². The first-order chi connectivity index (χ1) is 13.4. The zero-order chi connectivity index (χ0) is 20.3. The highest BCUT2D eigenvalue weighted by Gasteiger charge is 2.25. The minimum Gasteiger partial charge on any atom is -0.355 e. The molecule has 8 nitrogen and oxygen atoms in total. The Labute approximate surface area is 165 Å². The summed E-state index contributed by atoms with van der Waals surface area (Å²) in [5, 5.41) is 8.17. The van der Waals surface area contributed by atoms with E-state index in [1.54, 1.807) is 6.20 Å². The number of aromatic nitrogens is 3. The number of hydrogen-bond donors (Lipinski definition) is 1. The first-order valence-corrected chi connectivity index (χ1v) is 10.0. The summed E-state index contributed by atoms with van der Waals surface area (Å²) in [7, 11) is 0. The number of pyridine rings is 1. The molecule has 1 aliphatic heterocycles. The monoisotopic (exact) mass is 386 g/mol. The predicted octanol–water partition coefficient (Wildman–Crippen LogP) is 1.60. The Bertz CT molecular complexity index is 852. The van der Waals surface area contributed by atoms with E-state index in [0.29, 0.717) is 44.8 Å². The summed E-state index contributed by atoms with van der Waals surface area (Å²) in [5.74, 6) is 0.0496. The number of aryl methyl sites for hydroxylation is 1. The fourth-order valence-electron chi connectivity index (χ4n) is 3.46. The second kappa shape index (κ2) is 8.68. The quantitative estimate of drug-likeness (QED) is 0.815. The maximum absolute atomic E-state index is 13.0. The van der Waals surface area contributed by atoms with Gasteiger partial charge in [0.25, 0.3) is 5.91 Å². The summed E-state index contributed by atoms with van der Waals surface area (Å²) in [4.78, 5) is 33.5. The molecule has 2 aromatic heterocycles. The number of carbonyl (C=O) groups is 2. The standard InChI is InChI=1S/C20H30N6O2/c1-5-6-21-18(27)13-24-7-9-25(10-8-24)20(28)17-11-16-12-22-26(14(2)3)19(16)23-15(17)4/h11-12,14H,5-10,13H2,1-4H3,(H,21,27). The number of nitrogens with one attached hydrogen (secondary N) is 1. The zero-order valence-electron chi connectivity index (χ0n) is 17.2. The van der Waals surface area contributed by atoms with Crippen LogP contribution in [0.1, 0.15) is 49.3 Å². The van der Waals surface area contributed by atoms with Gasteiger partial charge in [0.1, 0.15) is 0 Å². The van der Waals surface area contributed by atoms with E-state index in [1.807, 2.05) is 29.5 Å². The third kappa shape index (κ3) is 4.32. The van der Waals surface area contributed by atoms with Gasteiger partial charge in [0.15, 0.2) is 5.65 Å². The smallest absolute Gasteiger partial charge is 0.255 e. The van der Waals surface area contributed by atoms with Crippen LogP contribution in [0.2, 0.25) is 0 Å². The number of nitrogens with zero attached hydrogens (tertiary/aromatic N) is 5. The predicted molar refractivity (Wildman–Crippen MR) is 108 cm³/mol. The topological polar surface area (TPSA) is 83.4 Å². The maximum atomic E-state index is 13.0. The number of hydrogen-bond acceptors (Lipinski definition) is 5. The van der Waals surface area contributed by atoms with Crippen LogP contribution < -0.4 is 5.32 Å². The van der Waals surface area contributed by atoms with Gasteiger partial charge in [0.2, 0.25) is 5.91 Å². The van der Waals surface area contributed by atoms with Crippen molar-refractivity contribution in [2.45, 2.75) is 40.2 Å². The average molecular weight is 387 g/mol. The zero-order valence-corrected chi connectivity index (χ0v) is 17.2. The molecule has 2 amide bonds. The summed E-state index contributed by atoms with van der Waals surface area (Å²) < 4.78 is 1.87. The lowest BCUT2D eigenvalue weighted by Gasteiger charge is -2.34. The van der Waals surface area contributed by atoms with E-state index >= 15 is 0 Å². The van der Waals surface area contributed by atoms with Crippen LogP contribution in [0.4, 0.5) is 0 Å². The van der Waals surface area contributed by atoms with E-state index in [4.69, 9.17) is 0 Å². The Morgan fingerprint density at radius 3 is 2.57 bits per heavy atom. The number of piperazine rings is 1. The molecule has 0 unspecified atom stereocenters. The molecule has 152 valence electrons. The summed E-state index contributed by atoms with van der Waals surface area (Å²) >= 11 is 0. The van der Waals surface area contributed by atoms with E-state index in [1.165, 1.54) is 0 Å². The molecule has 0 bridgehead atoms. The van der Waals surface area contributed by atoms with Crippen LogP contribution >= 0.6 is 0 Å². The molecule has 0 atom stereocenters. The minimum atomic E-state index is -0.000665. The fourth-order valence-corrected chi connectivity index (χ4v) is 3.46. The number of rotatable bonds is 6. The van der Waals surface area contributed by atoms with Crippen molar-refractivity contribution < 1.29 is 9.59 Å². The van der Waals surface area contributed by atoms with E-state index in [0.717, 1.165) is 23.1 Å². The van der Waals surface area contributed by atoms with Crippen LogP contribution in [0.25, 0.3) is 11.0 Å². The summed E-state index contributed by atoms with van der Waals surface area (Å²) in [5.41, 5.74) is 2.16. The Morgan fingerprint density at radius 1 is 1.21 bits per heavy atom. The lowest BCUT2D eigenvalue weighted by atomic mass is 10.1. The Morgan fingerprint density at radius 2 is 1.93 bits per heavy atom. The third-order valence-corrected chi connectivity index (χ3v) is 5.08. The summed E-state index contributed by atoms with van der Waals surface area (Å²) in [6.07, 6.45) is 2.70. The van der Waals surface area contributed by atoms with Gasteiger partial charge in [-0.2, -0.15) is 5.10 Å². The number of carbonyl (C=O) groups excluding carboxylic acids is 2. The molecule has 0 aliphatic carbocycles. The van der Waals surface area contributed by atoms with E-state index in [-0.39, 0.29) is 17.9 Å². The molecule has 1 saturated heterocycles. The van der Waals surface area contributed by atoms with Crippen LogP contribution in [0.3, 0.4) is 0 Å². The Kier molecular flexibility index (Phi) is 6.28. The normalized spacial score (nSPS) is 15.4. The molecule has 0 aromatic carbocycles. The summed E-state index contributed by atoms with van der Waals surface area (Å²) in [6.45, 7) is 11.8. The summed E-state index contributed by atoms with van der Waals surface area (Å²) in [6, 6.07) is 2.12. The van der Waals surface area contributed by atoms with Gasteiger partial charge in [0.05, 0.1) is 24.0 Å². The van der Waals surface area contributed by atoms with Gasteiger partial charge in [-0.05, 0) is 33.3 Å². The Balaban J connectivity index is 1.65. The second-order valence-electron chi connectivity index (χ2n) is 7.64. The molecule has 1 aliphatic rings. The number of amides is 2. The van der Waals surface area contributed by atoms with Crippen LogP contribution in [0.5, 0.6) is 0 Å². The van der Waals surface area contributed by atoms with E-state index in [9.17, 15) is 9.59 Å². The van der Waals surface area contributed by atoms with Crippen molar-refractivity contribution in [3.05, 3.63) is 23.5 Å². The number of fused-ring (bicyclic) bond motifs is 1. The van der Waals surface area contributed by atoms with Crippen LogP contribution in [0, 0.1) is 6.92 Å². The fraction of sp³-hybridized carbons (Fsp3) is 0.600. The van der Waals surface area contributed by atoms with Crippen molar-refractivity contribution in [1.82, 2.24) is 29.9 Å². The molecule has 0 radical (unpaired) electrons. The lowest BCUT2D eigenvalue weighted by Crippen LogP contribution is -2.51. The highest BCUT2D eigenvalue weighted by Crippen LogP contribution is 2.21. The minimum absolute atomic E-state index is 0.000665. The molecule has 3 rings (SSSR count). The van der Waals surface area contributed by atoms with Gasteiger partial charge in [-0.3, -0.25) is 14.5 Å². The first kappa shape index (κ1) is 20.3. The van der Waals surface area contributed by atoms with Gasteiger partial charge in [-0.1, -0.05) is 6.92 Å². The van der Waals surface area contributed by atoms with Crippen molar-refractivity contribution in [2.24, 2.45) is 0 Å². The van der Waals surface area contributed by atoms with Gasteiger partial charge in [-0.25, -0.2) is 9.67 Å². The van der Waals surface area contributed by atoms with Gasteiger partial charge >= 0.3 is 0 Å². The van der Waals surface area contributed by atoms with Crippen molar-refractivity contribution in [1.29, 1.82) is 0 Å². The molecule has 1 N–H and O–H groups in total. The molecular formula is C20H30N6O2. The van der Waals surface area contributed by atoms with Crippen LogP contribution in [-0.2, 0) is 4.79 Å². The molecule has 2 aromatic rings. The first-order valence-electron chi connectivity index (χ1n) is 10.0. The molecule has 28 heavy (non-hydrogen) atoms. The third-order valence-electron chi connectivity index (χ3n) is 5.08. The largest absolute Gasteiger partial charge is 0.355 e. The molecule has 3 heterocycles. The molecule has 1 fully saturated rings. The van der Waals surface area contributed by atoms with E-state index in [2.05, 4.69) is 34.1 Å². The molecule has 8 heteroatoms. The van der Waals surface area contributed by atoms with Gasteiger partial charge in [-0.15, -0.1) is 0 Å². The van der Waals surface area contributed by atoms with Crippen LogP contribution in [0.15, 0.2) is 12.3 Å².